The SMILES string of the molecule is Cc1oc(CNC(=O)C2(C)CCCN2C(=O)c2ccccc2)cc1C(=O)O. The normalized spacial score (nSPS) is 19.1. The second-order valence-corrected chi connectivity index (χ2v) is 6.87. The second kappa shape index (κ2) is 7.26. The van der Waals surface area contributed by atoms with Crippen molar-refractivity contribution in [3.05, 3.63) is 59.0 Å². The molecule has 7 nitrogen and oxygen atoms in total. The number of amides is 2. The monoisotopic (exact) mass is 370 g/mol. The Kier molecular flexibility index (Phi) is 5.03. The van der Waals surface area contributed by atoms with E-state index in [0.29, 0.717) is 30.0 Å². The van der Waals surface area contributed by atoms with Gasteiger partial charge in [-0.05, 0) is 44.9 Å². The van der Waals surface area contributed by atoms with Gasteiger partial charge in [0, 0.05) is 12.1 Å². The van der Waals surface area contributed by atoms with Gasteiger partial charge in [-0.15, -0.1) is 0 Å². The largest absolute Gasteiger partial charge is 0.478 e. The van der Waals surface area contributed by atoms with Gasteiger partial charge in [-0.2, -0.15) is 0 Å². The van der Waals surface area contributed by atoms with E-state index in [1.54, 1.807) is 43.0 Å². The van der Waals surface area contributed by atoms with Gasteiger partial charge in [0.15, 0.2) is 0 Å². The predicted molar refractivity (Wildman–Crippen MR) is 97.4 cm³/mol. The quantitative estimate of drug-likeness (QED) is 0.843. The maximum Gasteiger partial charge on any atom is 0.339 e. The van der Waals surface area contributed by atoms with E-state index in [1.165, 1.54) is 6.07 Å². The van der Waals surface area contributed by atoms with E-state index < -0.39 is 11.5 Å². The number of carbonyl (C=O) groups excluding carboxylic acids is 2. The number of carboxylic acid groups (broad SMARTS) is 1. The summed E-state index contributed by atoms with van der Waals surface area (Å²) in [4.78, 5) is 38.4. The molecule has 0 saturated carbocycles. The number of hydrogen-bond donors (Lipinski definition) is 2. The molecule has 1 fully saturated rings. The summed E-state index contributed by atoms with van der Waals surface area (Å²) in [5.74, 6) is -0.875. The van der Waals surface area contributed by atoms with Gasteiger partial charge in [0.25, 0.3) is 5.91 Å². The second-order valence-electron chi connectivity index (χ2n) is 6.87. The summed E-state index contributed by atoms with van der Waals surface area (Å²) in [5, 5.41) is 11.9. The molecule has 2 heterocycles. The summed E-state index contributed by atoms with van der Waals surface area (Å²) in [7, 11) is 0. The highest BCUT2D eigenvalue weighted by Crippen LogP contribution is 2.31. The molecule has 1 aromatic heterocycles. The van der Waals surface area contributed by atoms with Crippen molar-refractivity contribution in [3.63, 3.8) is 0 Å². The van der Waals surface area contributed by atoms with Crippen LogP contribution in [0, 0.1) is 6.92 Å². The van der Waals surface area contributed by atoms with E-state index in [2.05, 4.69) is 5.32 Å². The van der Waals surface area contributed by atoms with E-state index in [-0.39, 0.29) is 23.9 Å². The molecule has 1 atom stereocenters. The molecule has 27 heavy (non-hydrogen) atoms. The number of carboxylic acids is 1. The molecule has 1 aliphatic heterocycles. The van der Waals surface area contributed by atoms with Crippen LogP contribution in [-0.4, -0.2) is 39.9 Å². The average molecular weight is 370 g/mol. The van der Waals surface area contributed by atoms with E-state index in [4.69, 9.17) is 9.52 Å². The van der Waals surface area contributed by atoms with Gasteiger partial charge in [0.1, 0.15) is 22.6 Å². The van der Waals surface area contributed by atoms with Crippen molar-refractivity contribution in [1.29, 1.82) is 0 Å². The highest BCUT2D eigenvalue weighted by atomic mass is 16.4. The fourth-order valence-electron chi connectivity index (χ4n) is 3.46. The molecule has 0 radical (unpaired) electrons. The van der Waals surface area contributed by atoms with Gasteiger partial charge in [-0.3, -0.25) is 9.59 Å². The van der Waals surface area contributed by atoms with Gasteiger partial charge < -0.3 is 19.7 Å². The van der Waals surface area contributed by atoms with Gasteiger partial charge in [0.05, 0.1) is 6.54 Å². The van der Waals surface area contributed by atoms with Crippen LogP contribution in [0.5, 0.6) is 0 Å². The first-order valence-corrected chi connectivity index (χ1v) is 8.81. The van der Waals surface area contributed by atoms with Gasteiger partial charge >= 0.3 is 5.97 Å². The maximum atomic E-state index is 12.8. The summed E-state index contributed by atoms with van der Waals surface area (Å²) in [5.41, 5.74) is -0.331. The Bertz CT molecular complexity index is 874. The van der Waals surface area contributed by atoms with E-state index in [1.807, 2.05) is 6.07 Å². The summed E-state index contributed by atoms with van der Waals surface area (Å²) in [6.07, 6.45) is 1.31. The van der Waals surface area contributed by atoms with Crippen LogP contribution in [0.25, 0.3) is 0 Å². The first kappa shape index (κ1) is 18.7. The molecular formula is C20H22N2O5. The van der Waals surface area contributed by atoms with Crippen molar-refractivity contribution >= 4 is 17.8 Å². The molecule has 0 aliphatic carbocycles. The van der Waals surface area contributed by atoms with Crippen molar-refractivity contribution in [2.75, 3.05) is 6.54 Å². The third-order valence-corrected chi connectivity index (χ3v) is 5.02. The molecule has 3 rings (SSSR count). The Balaban J connectivity index is 1.72. The summed E-state index contributed by atoms with van der Waals surface area (Å²) >= 11 is 0. The molecular weight excluding hydrogens is 348 g/mol. The van der Waals surface area contributed by atoms with Gasteiger partial charge in [-0.25, -0.2) is 4.79 Å². The number of benzene rings is 1. The summed E-state index contributed by atoms with van der Waals surface area (Å²) in [6.45, 7) is 3.90. The molecule has 0 spiro atoms. The molecule has 1 aliphatic rings. The molecule has 7 heteroatoms. The van der Waals surface area contributed by atoms with Crippen LogP contribution in [0.4, 0.5) is 0 Å². The minimum atomic E-state index is -1.07. The van der Waals surface area contributed by atoms with Gasteiger partial charge in [-0.1, -0.05) is 18.2 Å². The molecule has 2 N–H and O–H groups in total. The minimum absolute atomic E-state index is 0.0654. The zero-order valence-electron chi connectivity index (χ0n) is 15.3. The zero-order chi connectivity index (χ0) is 19.6. The standard InChI is InChI=1S/C20H22N2O5/c1-13-16(18(24)25)11-15(27-13)12-21-19(26)20(2)9-6-10-22(20)17(23)14-7-4-3-5-8-14/h3-5,7-8,11H,6,9-10,12H2,1-2H3,(H,21,26)(H,24,25). The fraction of sp³-hybridized carbons (Fsp3) is 0.350. The Hall–Kier alpha value is -3.09. The van der Waals surface area contributed by atoms with Crippen LogP contribution in [0.1, 0.15) is 52.0 Å². The number of rotatable bonds is 5. The van der Waals surface area contributed by atoms with E-state index in [0.717, 1.165) is 6.42 Å². The topological polar surface area (TPSA) is 99.9 Å². The third kappa shape index (κ3) is 3.58. The summed E-state index contributed by atoms with van der Waals surface area (Å²) < 4.78 is 5.39. The number of aryl methyl sites for hydroxylation is 1. The average Bonchev–Trinajstić information content (AvgIpc) is 3.23. The van der Waals surface area contributed by atoms with Crippen molar-refractivity contribution in [3.8, 4) is 0 Å². The van der Waals surface area contributed by atoms with Crippen molar-refractivity contribution in [2.24, 2.45) is 0 Å². The minimum Gasteiger partial charge on any atom is -0.478 e. The van der Waals surface area contributed by atoms with Crippen LogP contribution in [0.2, 0.25) is 0 Å². The smallest absolute Gasteiger partial charge is 0.339 e. The van der Waals surface area contributed by atoms with Crippen molar-refractivity contribution in [1.82, 2.24) is 10.2 Å². The number of hydrogen-bond acceptors (Lipinski definition) is 4. The number of likely N-dealkylation sites (tertiary alicyclic amines) is 1. The molecule has 1 aromatic carbocycles. The van der Waals surface area contributed by atoms with Gasteiger partial charge in [0.2, 0.25) is 5.91 Å². The van der Waals surface area contributed by atoms with Crippen molar-refractivity contribution < 1.29 is 23.9 Å². The zero-order valence-corrected chi connectivity index (χ0v) is 15.3. The van der Waals surface area contributed by atoms with Crippen molar-refractivity contribution in [2.45, 2.75) is 38.8 Å². The third-order valence-electron chi connectivity index (χ3n) is 5.02. The predicted octanol–water partition coefficient (Wildman–Crippen LogP) is 2.60. The molecule has 142 valence electrons. The Labute approximate surface area is 157 Å². The molecule has 1 saturated heterocycles. The molecule has 2 amide bonds. The lowest BCUT2D eigenvalue weighted by atomic mass is 9.96. The Morgan fingerprint density at radius 1 is 1.26 bits per heavy atom. The number of carbonyl (C=O) groups is 3. The molecule has 0 bridgehead atoms. The highest BCUT2D eigenvalue weighted by Gasteiger charge is 2.45. The lowest BCUT2D eigenvalue weighted by Crippen LogP contribution is -2.55. The van der Waals surface area contributed by atoms with Crippen LogP contribution in [0.3, 0.4) is 0 Å². The Morgan fingerprint density at radius 3 is 2.59 bits per heavy atom. The Morgan fingerprint density at radius 2 is 1.96 bits per heavy atom. The summed E-state index contributed by atoms with van der Waals surface area (Å²) in [6, 6.07) is 10.3. The van der Waals surface area contributed by atoms with Crippen LogP contribution >= 0.6 is 0 Å². The first-order chi connectivity index (χ1) is 12.8. The fourth-order valence-corrected chi connectivity index (χ4v) is 3.46. The van der Waals surface area contributed by atoms with E-state index in [9.17, 15) is 14.4 Å². The lowest BCUT2D eigenvalue weighted by Gasteiger charge is -2.34. The highest BCUT2D eigenvalue weighted by molar-refractivity contribution is 5.99. The number of nitrogens with zero attached hydrogens (tertiary/aromatic N) is 1. The first-order valence-electron chi connectivity index (χ1n) is 8.81. The maximum absolute atomic E-state index is 12.8. The molecule has 1 unspecified atom stereocenters. The number of nitrogens with one attached hydrogen (secondary N) is 1. The number of aromatic carboxylic acids is 1. The lowest BCUT2D eigenvalue weighted by molar-refractivity contribution is -0.130. The number of furan rings is 1. The van der Waals surface area contributed by atoms with E-state index >= 15 is 0 Å². The molecule has 2 aromatic rings. The van der Waals surface area contributed by atoms with Crippen LogP contribution in [-0.2, 0) is 11.3 Å². The van der Waals surface area contributed by atoms with Crippen LogP contribution in [0.15, 0.2) is 40.8 Å². The van der Waals surface area contributed by atoms with Crippen LogP contribution < -0.4 is 5.32 Å².